The van der Waals surface area contributed by atoms with Gasteiger partial charge in [0.05, 0.1) is 5.60 Å². The maximum absolute atomic E-state index is 10.1. The Labute approximate surface area is 92.8 Å². The Morgan fingerprint density at radius 2 is 2.27 bits per heavy atom. The van der Waals surface area contributed by atoms with Crippen molar-refractivity contribution in [2.45, 2.75) is 44.8 Å². The largest absolute Gasteiger partial charge is 0.389 e. The molecule has 3 nitrogen and oxygen atoms in total. The summed E-state index contributed by atoms with van der Waals surface area (Å²) < 4.78 is 0. The molecule has 0 aliphatic carbocycles. The van der Waals surface area contributed by atoms with Gasteiger partial charge in [0, 0.05) is 19.1 Å². The molecule has 3 heteroatoms. The monoisotopic (exact) mass is 212 g/mol. The van der Waals surface area contributed by atoms with E-state index in [1.54, 1.807) is 0 Å². The average molecular weight is 212 g/mol. The smallest absolute Gasteiger partial charge is 0.0746 e. The summed E-state index contributed by atoms with van der Waals surface area (Å²) in [4.78, 5) is 2.50. The topological polar surface area (TPSA) is 35.5 Å². The van der Waals surface area contributed by atoms with Crippen LogP contribution in [-0.2, 0) is 0 Å². The predicted octanol–water partition coefficient (Wildman–Crippen LogP) is 0.831. The molecular formula is C12H24N2O. The van der Waals surface area contributed by atoms with Gasteiger partial charge in [0.25, 0.3) is 0 Å². The third-order valence-electron chi connectivity index (χ3n) is 4.00. The third-order valence-corrected chi connectivity index (χ3v) is 4.00. The molecule has 0 aromatic heterocycles. The predicted molar refractivity (Wildman–Crippen MR) is 61.9 cm³/mol. The maximum Gasteiger partial charge on any atom is 0.0746 e. The molecule has 0 bridgehead atoms. The normalized spacial score (nSPS) is 43.4. The summed E-state index contributed by atoms with van der Waals surface area (Å²) in [6, 6.07) is 0.654. The van der Waals surface area contributed by atoms with E-state index in [-0.39, 0.29) is 0 Å². The van der Waals surface area contributed by atoms with Crippen LogP contribution in [0.2, 0.25) is 0 Å². The molecule has 2 rings (SSSR count). The molecule has 0 radical (unpaired) electrons. The van der Waals surface area contributed by atoms with Crippen LogP contribution in [0.1, 0.15) is 33.1 Å². The molecule has 0 saturated carbocycles. The number of likely N-dealkylation sites (tertiary alicyclic amines) is 1. The molecule has 0 aromatic carbocycles. The van der Waals surface area contributed by atoms with E-state index >= 15 is 0 Å². The second-order valence-corrected chi connectivity index (χ2v) is 5.46. The first-order valence-electron chi connectivity index (χ1n) is 6.29. The molecule has 0 spiro atoms. The molecule has 2 heterocycles. The lowest BCUT2D eigenvalue weighted by Gasteiger charge is -2.41. The van der Waals surface area contributed by atoms with E-state index in [9.17, 15) is 5.11 Å². The molecule has 3 atom stereocenters. The highest BCUT2D eigenvalue weighted by Crippen LogP contribution is 2.26. The van der Waals surface area contributed by atoms with Crippen LogP contribution in [0.5, 0.6) is 0 Å². The number of hydrogen-bond donors (Lipinski definition) is 2. The van der Waals surface area contributed by atoms with Crippen LogP contribution in [0.15, 0.2) is 0 Å². The molecule has 0 aromatic rings. The molecule has 2 N–H and O–H groups in total. The van der Waals surface area contributed by atoms with Gasteiger partial charge < -0.3 is 10.4 Å². The molecule has 0 amide bonds. The summed E-state index contributed by atoms with van der Waals surface area (Å²) in [5, 5.41) is 13.6. The minimum absolute atomic E-state index is 0.459. The number of nitrogens with one attached hydrogen (secondary N) is 1. The highest BCUT2D eigenvalue weighted by molar-refractivity contribution is 4.93. The molecule has 2 fully saturated rings. The van der Waals surface area contributed by atoms with Crippen molar-refractivity contribution < 1.29 is 5.11 Å². The van der Waals surface area contributed by atoms with Gasteiger partial charge in [-0.3, -0.25) is 4.90 Å². The van der Waals surface area contributed by atoms with Gasteiger partial charge in [0.1, 0.15) is 0 Å². The first-order valence-corrected chi connectivity index (χ1v) is 6.29. The minimum Gasteiger partial charge on any atom is -0.389 e. The Morgan fingerprint density at radius 1 is 1.47 bits per heavy atom. The number of rotatable bonds is 2. The zero-order valence-electron chi connectivity index (χ0n) is 10.00. The Morgan fingerprint density at radius 3 is 2.93 bits per heavy atom. The summed E-state index contributed by atoms with van der Waals surface area (Å²) in [5.41, 5.74) is -0.459. The van der Waals surface area contributed by atoms with Crippen molar-refractivity contribution in [1.82, 2.24) is 10.2 Å². The second-order valence-electron chi connectivity index (χ2n) is 5.46. The van der Waals surface area contributed by atoms with E-state index in [1.165, 1.54) is 13.0 Å². The first-order chi connectivity index (χ1) is 7.12. The van der Waals surface area contributed by atoms with Crippen molar-refractivity contribution in [3.63, 3.8) is 0 Å². The van der Waals surface area contributed by atoms with Gasteiger partial charge in [-0.1, -0.05) is 13.3 Å². The Bertz CT molecular complexity index is 218. The van der Waals surface area contributed by atoms with Gasteiger partial charge in [0.2, 0.25) is 0 Å². The van der Waals surface area contributed by atoms with Crippen molar-refractivity contribution in [2.75, 3.05) is 26.2 Å². The van der Waals surface area contributed by atoms with E-state index < -0.39 is 5.60 Å². The molecule has 88 valence electrons. The Balaban J connectivity index is 1.97. The maximum atomic E-state index is 10.1. The van der Waals surface area contributed by atoms with Crippen molar-refractivity contribution in [1.29, 1.82) is 0 Å². The summed E-state index contributed by atoms with van der Waals surface area (Å²) in [6.45, 7) is 8.53. The van der Waals surface area contributed by atoms with E-state index in [2.05, 4.69) is 17.1 Å². The van der Waals surface area contributed by atoms with Crippen LogP contribution < -0.4 is 5.32 Å². The van der Waals surface area contributed by atoms with Crippen molar-refractivity contribution in [3.8, 4) is 0 Å². The molecule has 2 aliphatic heterocycles. The zero-order chi connectivity index (χ0) is 10.9. The highest BCUT2D eigenvalue weighted by Gasteiger charge is 2.36. The Kier molecular flexibility index (Phi) is 3.33. The van der Waals surface area contributed by atoms with Gasteiger partial charge in [-0.25, -0.2) is 0 Å². The van der Waals surface area contributed by atoms with Gasteiger partial charge in [-0.05, 0) is 38.8 Å². The van der Waals surface area contributed by atoms with E-state index in [0.717, 1.165) is 38.4 Å². The van der Waals surface area contributed by atoms with Gasteiger partial charge in [-0.15, -0.1) is 0 Å². The van der Waals surface area contributed by atoms with Crippen LogP contribution in [0.4, 0.5) is 0 Å². The summed E-state index contributed by atoms with van der Waals surface area (Å²) >= 11 is 0. The van der Waals surface area contributed by atoms with Gasteiger partial charge >= 0.3 is 0 Å². The fraction of sp³-hybridized carbons (Fsp3) is 1.00. The summed E-state index contributed by atoms with van der Waals surface area (Å²) in [5.74, 6) is 0.777. The number of nitrogens with zero attached hydrogens (tertiary/aromatic N) is 1. The lowest BCUT2D eigenvalue weighted by Crippen LogP contribution is -2.52. The highest BCUT2D eigenvalue weighted by atomic mass is 16.3. The van der Waals surface area contributed by atoms with Gasteiger partial charge in [0.15, 0.2) is 0 Å². The molecular weight excluding hydrogens is 188 g/mol. The summed E-state index contributed by atoms with van der Waals surface area (Å²) in [6.07, 6.45) is 3.34. The number of piperidine rings is 1. The first kappa shape index (κ1) is 11.4. The molecule has 15 heavy (non-hydrogen) atoms. The lowest BCUT2D eigenvalue weighted by molar-refractivity contribution is -0.0332. The molecule has 2 saturated heterocycles. The standard InChI is InChI=1S/C12H24N2O/c1-3-10-7-13-8-11(10)14-6-4-5-12(2,15)9-14/h10-11,13,15H,3-9H2,1-2H3. The fourth-order valence-electron chi connectivity index (χ4n) is 3.10. The van der Waals surface area contributed by atoms with E-state index in [1.807, 2.05) is 6.92 Å². The fourth-order valence-corrected chi connectivity index (χ4v) is 3.10. The number of aliphatic hydroxyl groups is 1. The van der Waals surface area contributed by atoms with Gasteiger partial charge in [-0.2, -0.15) is 0 Å². The Hall–Kier alpha value is -0.120. The third kappa shape index (κ3) is 2.52. The molecule has 3 unspecified atom stereocenters. The van der Waals surface area contributed by atoms with Crippen molar-refractivity contribution in [3.05, 3.63) is 0 Å². The van der Waals surface area contributed by atoms with Crippen molar-refractivity contribution in [2.24, 2.45) is 5.92 Å². The average Bonchev–Trinajstić information content (AvgIpc) is 2.63. The van der Waals surface area contributed by atoms with Crippen LogP contribution in [0.3, 0.4) is 0 Å². The van der Waals surface area contributed by atoms with E-state index in [0.29, 0.717) is 6.04 Å². The number of β-amino-alcohol motifs (C(OH)–C–C–N with tert-alkyl or cyclic N) is 1. The zero-order valence-corrected chi connectivity index (χ0v) is 10.00. The van der Waals surface area contributed by atoms with Crippen LogP contribution in [0.25, 0.3) is 0 Å². The minimum atomic E-state index is -0.459. The van der Waals surface area contributed by atoms with Crippen LogP contribution in [-0.4, -0.2) is 47.8 Å². The second kappa shape index (κ2) is 4.40. The molecule has 2 aliphatic rings. The quantitative estimate of drug-likeness (QED) is 0.712. The van der Waals surface area contributed by atoms with Crippen molar-refractivity contribution >= 4 is 0 Å². The van der Waals surface area contributed by atoms with Crippen LogP contribution >= 0.6 is 0 Å². The SMILES string of the molecule is CCC1CNCC1N1CCCC(C)(O)C1. The number of hydrogen-bond acceptors (Lipinski definition) is 3. The lowest BCUT2D eigenvalue weighted by atomic mass is 9.91. The van der Waals surface area contributed by atoms with E-state index in [4.69, 9.17) is 0 Å². The summed E-state index contributed by atoms with van der Waals surface area (Å²) in [7, 11) is 0. The van der Waals surface area contributed by atoms with Crippen LogP contribution in [0, 0.1) is 5.92 Å².